The molecule has 0 bridgehead atoms. The normalized spacial score (nSPS) is 19.7. The average molecular weight is 445 g/mol. The molecule has 2 aromatic rings. The summed E-state index contributed by atoms with van der Waals surface area (Å²) in [7, 11) is 1.60. The van der Waals surface area contributed by atoms with Crippen molar-refractivity contribution in [2.45, 2.75) is 13.0 Å². The molecule has 0 saturated carbocycles. The van der Waals surface area contributed by atoms with Crippen LogP contribution < -0.4 is 5.32 Å². The first-order valence-corrected chi connectivity index (χ1v) is 11.4. The van der Waals surface area contributed by atoms with Crippen molar-refractivity contribution in [3.8, 4) is 11.3 Å². The van der Waals surface area contributed by atoms with Crippen molar-refractivity contribution in [1.29, 1.82) is 0 Å². The fourth-order valence-corrected chi connectivity index (χ4v) is 4.90. The van der Waals surface area contributed by atoms with E-state index in [0.717, 1.165) is 49.0 Å². The Labute approximate surface area is 186 Å². The Hall–Kier alpha value is -2.33. The van der Waals surface area contributed by atoms with Crippen molar-refractivity contribution >= 4 is 28.3 Å². The van der Waals surface area contributed by atoms with Gasteiger partial charge in [0.2, 0.25) is 11.8 Å². The molecule has 1 atom stereocenters. The van der Waals surface area contributed by atoms with Crippen molar-refractivity contribution in [3.05, 3.63) is 35.2 Å². The molecule has 2 fully saturated rings. The zero-order chi connectivity index (χ0) is 21.6. The van der Waals surface area contributed by atoms with Crippen molar-refractivity contribution in [2.75, 3.05) is 58.4 Å². The van der Waals surface area contributed by atoms with Crippen LogP contribution >= 0.6 is 11.3 Å². The molecule has 0 radical (unpaired) electrons. The summed E-state index contributed by atoms with van der Waals surface area (Å²) in [6, 6.07) is 10.0. The monoisotopic (exact) mass is 444 g/mol. The third kappa shape index (κ3) is 5.48. The van der Waals surface area contributed by atoms with Crippen LogP contribution in [0.25, 0.3) is 11.3 Å². The Kier molecular flexibility index (Phi) is 7.29. The number of anilines is 1. The SMILES string of the molecule is COCCN1CC(C(=O)Nc2nc(-c3ccccc3)c(CN3CCOCC3)s2)CC1=O. The fourth-order valence-electron chi connectivity index (χ4n) is 3.87. The highest BCUT2D eigenvalue weighted by atomic mass is 32.1. The van der Waals surface area contributed by atoms with E-state index in [-0.39, 0.29) is 24.2 Å². The Balaban J connectivity index is 1.48. The summed E-state index contributed by atoms with van der Waals surface area (Å²) >= 11 is 1.51. The minimum Gasteiger partial charge on any atom is -0.383 e. The lowest BCUT2D eigenvalue weighted by Gasteiger charge is -2.26. The maximum Gasteiger partial charge on any atom is 0.231 e. The summed E-state index contributed by atoms with van der Waals surface area (Å²) in [6.07, 6.45) is 0.229. The number of hydrogen-bond acceptors (Lipinski definition) is 7. The maximum atomic E-state index is 12.8. The lowest BCUT2D eigenvalue weighted by Crippen LogP contribution is -2.35. The van der Waals surface area contributed by atoms with Gasteiger partial charge >= 0.3 is 0 Å². The number of benzene rings is 1. The number of carbonyl (C=O) groups excluding carboxylic acids is 2. The molecule has 8 nitrogen and oxygen atoms in total. The van der Waals surface area contributed by atoms with Gasteiger partial charge in [-0.05, 0) is 0 Å². The third-order valence-electron chi connectivity index (χ3n) is 5.60. The molecule has 4 rings (SSSR count). The van der Waals surface area contributed by atoms with Gasteiger partial charge in [0.1, 0.15) is 0 Å². The lowest BCUT2D eigenvalue weighted by molar-refractivity contribution is -0.128. The fraction of sp³-hybridized carbons (Fsp3) is 0.500. The summed E-state index contributed by atoms with van der Waals surface area (Å²) in [6.45, 7) is 5.41. The smallest absolute Gasteiger partial charge is 0.231 e. The van der Waals surface area contributed by atoms with E-state index in [1.807, 2.05) is 30.3 Å². The summed E-state index contributed by atoms with van der Waals surface area (Å²) in [5, 5.41) is 3.54. The zero-order valence-corrected chi connectivity index (χ0v) is 18.5. The number of likely N-dealkylation sites (tertiary alicyclic amines) is 1. The van der Waals surface area contributed by atoms with E-state index in [0.29, 0.717) is 24.8 Å². The van der Waals surface area contributed by atoms with Gasteiger partial charge in [-0.1, -0.05) is 41.7 Å². The number of nitrogens with one attached hydrogen (secondary N) is 1. The molecule has 2 aliphatic rings. The summed E-state index contributed by atoms with van der Waals surface area (Å²) in [5.74, 6) is -0.523. The number of carbonyl (C=O) groups is 2. The molecule has 0 spiro atoms. The molecule has 1 aromatic heterocycles. The molecule has 0 aliphatic carbocycles. The minimum absolute atomic E-state index is 0.00526. The van der Waals surface area contributed by atoms with Gasteiger partial charge in [0.25, 0.3) is 0 Å². The molecular weight excluding hydrogens is 416 g/mol. The second kappa shape index (κ2) is 10.3. The number of hydrogen-bond donors (Lipinski definition) is 1. The predicted molar refractivity (Wildman–Crippen MR) is 119 cm³/mol. The Bertz CT molecular complexity index is 898. The van der Waals surface area contributed by atoms with Crippen LogP contribution in [0.2, 0.25) is 0 Å². The molecule has 9 heteroatoms. The van der Waals surface area contributed by atoms with E-state index in [2.05, 4.69) is 10.2 Å². The van der Waals surface area contributed by atoms with Crippen molar-refractivity contribution in [1.82, 2.24) is 14.8 Å². The second-order valence-corrected chi connectivity index (χ2v) is 8.85. The third-order valence-corrected chi connectivity index (χ3v) is 6.55. The number of ether oxygens (including phenoxy) is 2. The van der Waals surface area contributed by atoms with E-state index >= 15 is 0 Å². The second-order valence-electron chi connectivity index (χ2n) is 7.77. The predicted octanol–water partition coefficient (Wildman–Crippen LogP) is 2.08. The number of thiazole rings is 1. The van der Waals surface area contributed by atoms with Gasteiger partial charge in [-0.2, -0.15) is 0 Å². The maximum absolute atomic E-state index is 12.8. The Morgan fingerprint density at radius 3 is 2.81 bits per heavy atom. The van der Waals surface area contributed by atoms with Crippen LogP contribution in [0.3, 0.4) is 0 Å². The van der Waals surface area contributed by atoms with E-state index in [1.54, 1.807) is 12.0 Å². The standard InChI is InChI=1S/C22H28N4O4S/c1-29-10-9-26-14-17(13-19(26)27)21(28)24-22-23-20(16-5-3-2-4-6-16)18(31-22)15-25-7-11-30-12-8-25/h2-6,17H,7-15H2,1H3,(H,23,24,28). The minimum atomic E-state index is -0.365. The average Bonchev–Trinajstić information content (AvgIpc) is 3.36. The van der Waals surface area contributed by atoms with Crippen LogP contribution in [0.1, 0.15) is 11.3 Å². The van der Waals surface area contributed by atoms with Crippen molar-refractivity contribution < 1.29 is 19.1 Å². The molecule has 1 unspecified atom stereocenters. The molecule has 166 valence electrons. The first-order chi connectivity index (χ1) is 15.1. The molecule has 31 heavy (non-hydrogen) atoms. The molecule has 1 aromatic carbocycles. The Morgan fingerprint density at radius 2 is 2.06 bits per heavy atom. The largest absolute Gasteiger partial charge is 0.383 e. The van der Waals surface area contributed by atoms with Gasteiger partial charge in [0, 0.05) is 56.7 Å². The number of amides is 2. The van der Waals surface area contributed by atoms with E-state index < -0.39 is 0 Å². The van der Waals surface area contributed by atoms with Crippen molar-refractivity contribution in [2.24, 2.45) is 5.92 Å². The van der Waals surface area contributed by atoms with E-state index in [4.69, 9.17) is 14.5 Å². The van der Waals surface area contributed by atoms with Gasteiger partial charge < -0.3 is 19.7 Å². The molecule has 3 heterocycles. The van der Waals surface area contributed by atoms with Crippen LogP contribution in [-0.2, 0) is 25.6 Å². The van der Waals surface area contributed by atoms with Gasteiger partial charge in [-0.25, -0.2) is 4.98 Å². The van der Waals surface area contributed by atoms with Gasteiger partial charge in [-0.3, -0.25) is 14.5 Å². The van der Waals surface area contributed by atoms with E-state index in [9.17, 15) is 9.59 Å². The van der Waals surface area contributed by atoms with Crippen LogP contribution in [0.4, 0.5) is 5.13 Å². The van der Waals surface area contributed by atoms with E-state index in [1.165, 1.54) is 11.3 Å². The highest BCUT2D eigenvalue weighted by Gasteiger charge is 2.34. The topological polar surface area (TPSA) is 84.0 Å². The quantitative estimate of drug-likeness (QED) is 0.671. The molecular formula is C22H28N4O4S. The highest BCUT2D eigenvalue weighted by molar-refractivity contribution is 7.16. The Morgan fingerprint density at radius 1 is 1.29 bits per heavy atom. The van der Waals surface area contributed by atoms with Crippen LogP contribution in [0.5, 0.6) is 0 Å². The summed E-state index contributed by atoms with van der Waals surface area (Å²) in [4.78, 5) is 34.9. The van der Waals surface area contributed by atoms with Crippen LogP contribution in [0.15, 0.2) is 30.3 Å². The summed E-state index contributed by atoms with van der Waals surface area (Å²) in [5.41, 5.74) is 1.93. The number of aromatic nitrogens is 1. The first kappa shape index (κ1) is 21.9. The van der Waals surface area contributed by atoms with Gasteiger partial charge in [0.05, 0.1) is 31.4 Å². The molecule has 2 saturated heterocycles. The number of rotatable bonds is 8. The van der Waals surface area contributed by atoms with Crippen LogP contribution in [0, 0.1) is 5.92 Å². The summed E-state index contributed by atoms with van der Waals surface area (Å²) < 4.78 is 10.5. The van der Waals surface area contributed by atoms with Gasteiger partial charge in [0.15, 0.2) is 5.13 Å². The number of morpholine rings is 1. The van der Waals surface area contributed by atoms with Crippen LogP contribution in [-0.4, -0.2) is 79.7 Å². The number of nitrogens with zero attached hydrogens (tertiary/aromatic N) is 3. The first-order valence-electron chi connectivity index (χ1n) is 10.6. The lowest BCUT2D eigenvalue weighted by atomic mass is 10.1. The zero-order valence-electron chi connectivity index (χ0n) is 17.7. The van der Waals surface area contributed by atoms with Crippen molar-refractivity contribution in [3.63, 3.8) is 0 Å². The van der Waals surface area contributed by atoms with Gasteiger partial charge in [-0.15, -0.1) is 0 Å². The molecule has 2 amide bonds. The highest BCUT2D eigenvalue weighted by Crippen LogP contribution is 2.33. The molecule has 1 N–H and O–H groups in total. The molecule has 2 aliphatic heterocycles. The number of methoxy groups -OCH3 is 1.